The third-order valence-corrected chi connectivity index (χ3v) is 3.46. The minimum atomic E-state index is -0.927. The highest BCUT2D eigenvalue weighted by atomic mass is 32.1. The van der Waals surface area contributed by atoms with Crippen molar-refractivity contribution in [1.29, 1.82) is 0 Å². The summed E-state index contributed by atoms with van der Waals surface area (Å²) in [5, 5.41) is 9.61. The first-order valence-electron chi connectivity index (χ1n) is 4.73. The van der Waals surface area contributed by atoms with Crippen LogP contribution in [0.5, 0.6) is 0 Å². The maximum absolute atomic E-state index is 10.8. The van der Waals surface area contributed by atoms with E-state index in [1.165, 1.54) is 11.3 Å². The summed E-state index contributed by atoms with van der Waals surface area (Å²) in [6.07, 6.45) is 0. The molecule has 1 N–H and O–H groups in total. The predicted octanol–water partition coefficient (Wildman–Crippen LogP) is 2.42. The fourth-order valence-electron chi connectivity index (χ4n) is 1.27. The predicted molar refractivity (Wildman–Crippen MR) is 58.5 cm³/mol. The molecule has 5 heteroatoms. The Labute approximate surface area is 92.9 Å². The highest BCUT2D eigenvalue weighted by Crippen LogP contribution is 2.30. The molecule has 0 saturated carbocycles. The summed E-state index contributed by atoms with van der Waals surface area (Å²) < 4.78 is 5.52. The average Bonchev–Trinajstić information content (AvgIpc) is 2.47. The molecule has 0 aromatic carbocycles. The molecule has 0 radical (unpaired) electrons. The Balaban J connectivity index is 3.06. The maximum Gasteiger partial charge on any atom is 0.347 e. The Hall–Kier alpha value is -0.940. The molecular weight excluding hydrogens is 214 g/mol. The van der Waals surface area contributed by atoms with Crippen molar-refractivity contribution in [3.05, 3.63) is 15.6 Å². The van der Waals surface area contributed by atoms with Gasteiger partial charge < -0.3 is 9.84 Å². The van der Waals surface area contributed by atoms with Crippen LogP contribution in [0.2, 0.25) is 0 Å². The molecule has 0 aliphatic carbocycles. The number of nitrogens with zero attached hydrogens (tertiary/aromatic N) is 1. The van der Waals surface area contributed by atoms with Gasteiger partial charge in [0.25, 0.3) is 0 Å². The second-order valence-corrected chi connectivity index (χ2v) is 4.68. The molecule has 4 nitrogen and oxygen atoms in total. The van der Waals surface area contributed by atoms with Crippen LogP contribution < -0.4 is 0 Å². The fraction of sp³-hybridized carbons (Fsp3) is 0.600. The van der Waals surface area contributed by atoms with E-state index in [1.807, 2.05) is 20.8 Å². The third kappa shape index (κ3) is 2.54. The van der Waals surface area contributed by atoms with Gasteiger partial charge in [-0.1, -0.05) is 0 Å². The minimum Gasteiger partial charge on any atom is -0.477 e. The van der Waals surface area contributed by atoms with E-state index in [0.717, 1.165) is 0 Å². The second kappa shape index (κ2) is 4.28. The Bertz CT molecular complexity index is 371. The van der Waals surface area contributed by atoms with Crippen molar-refractivity contribution in [3.8, 4) is 0 Å². The molecule has 1 rings (SSSR count). The van der Waals surface area contributed by atoms with Gasteiger partial charge in [0, 0.05) is 6.61 Å². The van der Waals surface area contributed by atoms with Crippen LogP contribution in [0.15, 0.2) is 0 Å². The number of aromatic carboxylic acids is 1. The topological polar surface area (TPSA) is 59.4 Å². The normalized spacial score (nSPS) is 11.7. The van der Waals surface area contributed by atoms with Crippen molar-refractivity contribution < 1.29 is 14.6 Å². The van der Waals surface area contributed by atoms with Crippen molar-refractivity contribution in [1.82, 2.24) is 4.98 Å². The second-order valence-electron chi connectivity index (χ2n) is 3.68. The average molecular weight is 229 g/mol. The van der Waals surface area contributed by atoms with E-state index in [1.54, 1.807) is 6.92 Å². The van der Waals surface area contributed by atoms with Gasteiger partial charge in [-0.05, 0) is 27.7 Å². The molecule has 1 aromatic rings. The van der Waals surface area contributed by atoms with Crippen molar-refractivity contribution in [3.63, 3.8) is 0 Å². The Morgan fingerprint density at radius 2 is 2.20 bits per heavy atom. The zero-order chi connectivity index (χ0) is 11.6. The van der Waals surface area contributed by atoms with Gasteiger partial charge in [0.05, 0.1) is 5.69 Å². The van der Waals surface area contributed by atoms with E-state index < -0.39 is 11.6 Å². The number of carboxylic acid groups (broad SMARTS) is 1. The summed E-state index contributed by atoms with van der Waals surface area (Å²) in [5.74, 6) is -0.927. The number of carboxylic acids is 1. The molecule has 0 fully saturated rings. The van der Waals surface area contributed by atoms with Crippen LogP contribution in [0.4, 0.5) is 0 Å². The lowest BCUT2D eigenvalue weighted by Crippen LogP contribution is -2.21. The molecule has 1 heterocycles. The van der Waals surface area contributed by atoms with Crippen LogP contribution >= 0.6 is 11.3 Å². The summed E-state index contributed by atoms with van der Waals surface area (Å²) in [5.41, 5.74) is 0.0352. The van der Waals surface area contributed by atoms with Gasteiger partial charge in [-0.15, -0.1) is 11.3 Å². The van der Waals surface area contributed by atoms with Crippen molar-refractivity contribution in [2.24, 2.45) is 0 Å². The zero-order valence-corrected chi connectivity index (χ0v) is 10.1. The van der Waals surface area contributed by atoms with Crippen LogP contribution in [0.25, 0.3) is 0 Å². The quantitative estimate of drug-likeness (QED) is 0.861. The van der Waals surface area contributed by atoms with Crippen molar-refractivity contribution in [2.45, 2.75) is 33.3 Å². The Morgan fingerprint density at radius 1 is 1.60 bits per heavy atom. The SMILES string of the molecule is CCOC(C)(C)c1nc(C)c(C(=O)O)s1. The fourth-order valence-corrected chi connectivity index (χ4v) is 2.24. The lowest BCUT2D eigenvalue weighted by atomic mass is 10.1. The molecule has 0 saturated heterocycles. The smallest absolute Gasteiger partial charge is 0.347 e. The molecule has 0 aliphatic heterocycles. The summed E-state index contributed by atoms with van der Waals surface area (Å²) in [7, 11) is 0. The summed E-state index contributed by atoms with van der Waals surface area (Å²) >= 11 is 1.18. The number of rotatable bonds is 4. The van der Waals surface area contributed by atoms with Crippen LogP contribution in [0, 0.1) is 6.92 Å². The molecule has 0 spiro atoms. The minimum absolute atomic E-state index is 0.290. The third-order valence-electron chi connectivity index (χ3n) is 2.01. The molecule has 0 bridgehead atoms. The molecule has 0 aliphatic rings. The largest absolute Gasteiger partial charge is 0.477 e. The van der Waals surface area contributed by atoms with Crippen LogP contribution in [-0.2, 0) is 10.3 Å². The van der Waals surface area contributed by atoms with E-state index in [4.69, 9.17) is 9.84 Å². The van der Waals surface area contributed by atoms with Crippen LogP contribution in [0.3, 0.4) is 0 Å². The number of carbonyl (C=O) groups is 1. The summed E-state index contributed by atoms with van der Waals surface area (Å²) in [6, 6.07) is 0. The number of aryl methyl sites for hydroxylation is 1. The van der Waals surface area contributed by atoms with E-state index in [0.29, 0.717) is 17.3 Å². The Morgan fingerprint density at radius 3 is 2.60 bits per heavy atom. The van der Waals surface area contributed by atoms with E-state index in [-0.39, 0.29) is 4.88 Å². The molecular formula is C10H15NO3S. The first kappa shape index (κ1) is 12.1. The molecule has 0 atom stereocenters. The number of hydrogen-bond donors (Lipinski definition) is 1. The highest BCUT2D eigenvalue weighted by molar-refractivity contribution is 7.13. The lowest BCUT2D eigenvalue weighted by Gasteiger charge is -2.21. The van der Waals surface area contributed by atoms with Gasteiger partial charge in [-0.2, -0.15) is 0 Å². The van der Waals surface area contributed by atoms with E-state index in [9.17, 15) is 4.79 Å². The van der Waals surface area contributed by atoms with E-state index >= 15 is 0 Å². The van der Waals surface area contributed by atoms with Gasteiger partial charge >= 0.3 is 5.97 Å². The Kier molecular flexibility index (Phi) is 3.46. The molecule has 0 unspecified atom stereocenters. The summed E-state index contributed by atoms with van der Waals surface area (Å²) in [4.78, 5) is 15.4. The first-order valence-corrected chi connectivity index (χ1v) is 5.55. The molecule has 84 valence electrons. The number of hydrogen-bond acceptors (Lipinski definition) is 4. The lowest BCUT2D eigenvalue weighted by molar-refractivity contribution is -0.0142. The van der Waals surface area contributed by atoms with Gasteiger partial charge in [0.1, 0.15) is 15.5 Å². The monoisotopic (exact) mass is 229 g/mol. The molecule has 15 heavy (non-hydrogen) atoms. The van der Waals surface area contributed by atoms with Crippen LogP contribution in [0.1, 0.15) is 41.1 Å². The van der Waals surface area contributed by atoms with Gasteiger partial charge in [-0.3, -0.25) is 0 Å². The van der Waals surface area contributed by atoms with Gasteiger partial charge in [0.15, 0.2) is 0 Å². The standard InChI is InChI=1S/C10H15NO3S/c1-5-14-10(3,4)9-11-6(2)7(15-9)8(12)13/h5H2,1-4H3,(H,12,13). The van der Waals surface area contributed by atoms with Crippen LogP contribution in [-0.4, -0.2) is 22.7 Å². The van der Waals surface area contributed by atoms with Crippen molar-refractivity contribution in [2.75, 3.05) is 6.61 Å². The van der Waals surface area contributed by atoms with Gasteiger partial charge in [-0.25, -0.2) is 9.78 Å². The number of aromatic nitrogens is 1. The summed E-state index contributed by atoms with van der Waals surface area (Å²) in [6.45, 7) is 7.96. The van der Waals surface area contributed by atoms with Gasteiger partial charge in [0.2, 0.25) is 0 Å². The maximum atomic E-state index is 10.8. The molecule has 1 aromatic heterocycles. The number of ether oxygens (including phenoxy) is 1. The number of thiazole rings is 1. The van der Waals surface area contributed by atoms with E-state index in [2.05, 4.69) is 4.98 Å². The first-order chi connectivity index (χ1) is 6.88. The highest BCUT2D eigenvalue weighted by Gasteiger charge is 2.27. The van der Waals surface area contributed by atoms with Crippen molar-refractivity contribution >= 4 is 17.3 Å². The molecule has 0 amide bonds. The zero-order valence-electron chi connectivity index (χ0n) is 9.33.